The molecular formula is C13H21N3O2. The third-order valence-corrected chi connectivity index (χ3v) is 3.80. The fourth-order valence-electron chi connectivity index (χ4n) is 2.46. The van der Waals surface area contributed by atoms with Crippen molar-refractivity contribution in [3.8, 4) is 0 Å². The lowest BCUT2D eigenvalue weighted by Crippen LogP contribution is -2.47. The van der Waals surface area contributed by atoms with Crippen LogP contribution in [0.1, 0.15) is 45.3 Å². The molecule has 1 N–H and O–H groups in total. The smallest absolute Gasteiger partial charge is 0.323 e. The molecule has 18 heavy (non-hydrogen) atoms. The van der Waals surface area contributed by atoms with Crippen molar-refractivity contribution in [3.05, 3.63) is 18.0 Å². The molecule has 1 unspecified atom stereocenters. The molecule has 0 saturated carbocycles. The minimum absolute atomic E-state index is 0.336. The van der Waals surface area contributed by atoms with E-state index < -0.39 is 11.5 Å². The summed E-state index contributed by atoms with van der Waals surface area (Å²) in [4.78, 5) is 13.4. The van der Waals surface area contributed by atoms with Crippen molar-refractivity contribution in [1.82, 2.24) is 14.7 Å². The molecule has 0 aromatic carbocycles. The first-order valence-corrected chi connectivity index (χ1v) is 6.46. The first-order valence-electron chi connectivity index (χ1n) is 6.46. The highest BCUT2D eigenvalue weighted by atomic mass is 16.4. The molecule has 0 amide bonds. The summed E-state index contributed by atoms with van der Waals surface area (Å²) in [5.41, 5.74) is 0.208. The van der Waals surface area contributed by atoms with Gasteiger partial charge in [0.25, 0.3) is 0 Å². The molecule has 0 spiro atoms. The van der Waals surface area contributed by atoms with Crippen LogP contribution in [0.15, 0.2) is 12.3 Å². The molecule has 1 aromatic rings. The molecular weight excluding hydrogens is 230 g/mol. The van der Waals surface area contributed by atoms with Gasteiger partial charge in [-0.1, -0.05) is 0 Å². The van der Waals surface area contributed by atoms with E-state index in [9.17, 15) is 9.90 Å². The molecule has 1 aliphatic heterocycles. The molecule has 100 valence electrons. The molecule has 0 radical (unpaired) electrons. The van der Waals surface area contributed by atoms with Gasteiger partial charge in [-0.2, -0.15) is 5.10 Å². The van der Waals surface area contributed by atoms with Crippen LogP contribution in [0.25, 0.3) is 0 Å². The number of aromatic nitrogens is 2. The number of nitrogens with zero attached hydrogens (tertiary/aromatic N) is 3. The Labute approximate surface area is 107 Å². The van der Waals surface area contributed by atoms with Crippen LogP contribution in [-0.4, -0.2) is 37.8 Å². The topological polar surface area (TPSA) is 58.4 Å². The van der Waals surface area contributed by atoms with Crippen LogP contribution in [0.3, 0.4) is 0 Å². The highest BCUT2D eigenvalue weighted by Gasteiger charge is 2.43. The van der Waals surface area contributed by atoms with E-state index in [0.29, 0.717) is 19.0 Å². The van der Waals surface area contributed by atoms with Gasteiger partial charge < -0.3 is 5.11 Å². The van der Waals surface area contributed by atoms with Crippen LogP contribution < -0.4 is 0 Å². The molecule has 5 nitrogen and oxygen atoms in total. The van der Waals surface area contributed by atoms with Crippen molar-refractivity contribution in [2.24, 2.45) is 0 Å². The summed E-state index contributed by atoms with van der Waals surface area (Å²) in [5.74, 6) is -0.733. The second kappa shape index (κ2) is 4.72. The summed E-state index contributed by atoms with van der Waals surface area (Å²) in [5, 5.41) is 13.8. The maximum Gasteiger partial charge on any atom is 0.323 e. The molecule has 2 heterocycles. The van der Waals surface area contributed by atoms with Crippen LogP contribution >= 0.6 is 0 Å². The summed E-state index contributed by atoms with van der Waals surface area (Å²) in [6.07, 6.45) is 3.61. The summed E-state index contributed by atoms with van der Waals surface area (Å²) in [7, 11) is 0. The minimum atomic E-state index is -0.735. The summed E-state index contributed by atoms with van der Waals surface area (Å²) in [6, 6.07) is 2.31. The van der Waals surface area contributed by atoms with Gasteiger partial charge in [-0.3, -0.25) is 14.4 Å². The summed E-state index contributed by atoms with van der Waals surface area (Å²) < 4.78 is 1.91. The van der Waals surface area contributed by atoms with Crippen LogP contribution in [0.2, 0.25) is 0 Å². The Hall–Kier alpha value is -1.36. The average molecular weight is 251 g/mol. The van der Waals surface area contributed by atoms with Crippen molar-refractivity contribution < 1.29 is 9.90 Å². The molecule has 0 aliphatic carbocycles. The van der Waals surface area contributed by atoms with Crippen molar-refractivity contribution in [3.63, 3.8) is 0 Å². The van der Waals surface area contributed by atoms with E-state index in [0.717, 1.165) is 18.7 Å². The van der Waals surface area contributed by atoms with Gasteiger partial charge in [0.2, 0.25) is 0 Å². The molecule has 1 atom stereocenters. The largest absolute Gasteiger partial charge is 0.480 e. The Bertz CT molecular complexity index is 441. The number of carboxylic acid groups (broad SMARTS) is 1. The third kappa shape index (κ3) is 2.27. The second-order valence-electron chi connectivity index (χ2n) is 5.48. The van der Waals surface area contributed by atoms with E-state index in [-0.39, 0.29) is 0 Å². The summed E-state index contributed by atoms with van der Waals surface area (Å²) in [6.45, 7) is 7.41. The number of hydrogen-bond donors (Lipinski definition) is 1. The molecule has 2 rings (SSSR count). The van der Waals surface area contributed by atoms with E-state index in [2.05, 4.69) is 18.9 Å². The maximum atomic E-state index is 11.4. The molecule has 1 fully saturated rings. The highest BCUT2D eigenvalue weighted by Crippen LogP contribution is 2.30. The third-order valence-electron chi connectivity index (χ3n) is 3.80. The number of carbonyl (C=O) groups is 1. The van der Waals surface area contributed by atoms with Crippen LogP contribution in [0, 0.1) is 0 Å². The summed E-state index contributed by atoms with van der Waals surface area (Å²) >= 11 is 0. The Morgan fingerprint density at radius 3 is 2.89 bits per heavy atom. The van der Waals surface area contributed by atoms with E-state index >= 15 is 0 Å². The number of hydrogen-bond acceptors (Lipinski definition) is 3. The van der Waals surface area contributed by atoms with Gasteiger partial charge in [0.05, 0.1) is 5.69 Å². The fraction of sp³-hybridized carbons (Fsp3) is 0.692. The second-order valence-corrected chi connectivity index (χ2v) is 5.48. The van der Waals surface area contributed by atoms with Crippen LogP contribution in [-0.2, 0) is 11.3 Å². The van der Waals surface area contributed by atoms with Gasteiger partial charge in [0.15, 0.2) is 0 Å². The predicted molar refractivity (Wildman–Crippen MR) is 68.3 cm³/mol. The minimum Gasteiger partial charge on any atom is -0.480 e. The quantitative estimate of drug-likeness (QED) is 0.888. The first kappa shape index (κ1) is 13.1. The zero-order valence-corrected chi connectivity index (χ0v) is 11.3. The Morgan fingerprint density at radius 2 is 2.33 bits per heavy atom. The number of aliphatic carboxylic acids is 1. The Balaban J connectivity index is 2.10. The molecule has 1 aromatic heterocycles. The van der Waals surface area contributed by atoms with Gasteiger partial charge in [-0.05, 0) is 46.2 Å². The monoisotopic (exact) mass is 251 g/mol. The van der Waals surface area contributed by atoms with E-state index in [1.807, 2.05) is 28.8 Å². The normalized spacial score (nSPS) is 24.9. The predicted octanol–water partition coefficient (Wildman–Crippen LogP) is 1.90. The van der Waals surface area contributed by atoms with E-state index in [1.54, 1.807) is 0 Å². The van der Waals surface area contributed by atoms with Gasteiger partial charge in [-0.25, -0.2) is 0 Å². The van der Waals surface area contributed by atoms with Gasteiger partial charge in [0, 0.05) is 18.8 Å². The number of rotatable bonds is 4. The maximum absolute atomic E-state index is 11.4. The van der Waals surface area contributed by atoms with Gasteiger partial charge in [0.1, 0.15) is 5.54 Å². The number of carboxylic acids is 1. The van der Waals surface area contributed by atoms with Gasteiger partial charge in [-0.15, -0.1) is 0 Å². The lowest BCUT2D eigenvalue weighted by atomic mass is 9.99. The SMILES string of the molecule is CC(C)n1ccc(CN2CCCC2(C)C(=O)O)n1. The molecule has 5 heteroatoms. The molecule has 1 saturated heterocycles. The first-order chi connectivity index (χ1) is 8.43. The Kier molecular flexibility index (Phi) is 3.43. The lowest BCUT2D eigenvalue weighted by Gasteiger charge is -2.30. The molecule has 1 aliphatic rings. The van der Waals surface area contributed by atoms with E-state index in [1.165, 1.54) is 0 Å². The van der Waals surface area contributed by atoms with Crippen LogP contribution in [0.4, 0.5) is 0 Å². The van der Waals surface area contributed by atoms with Crippen molar-refractivity contribution in [1.29, 1.82) is 0 Å². The van der Waals surface area contributed by atoms with Crippen molar-refractivity contribution in [2.45, 2.75) is 51.7 Å². The number of likely N-dealkylation sites (tertiary alicyclic amines) is 1. The zero-order chi connectivity index (χ0) is 13.3. The van der Waals surface area contributed by atoms with E-state index in [4.69, 9.17) is 0 Å². The fourth-order valence-corrected chi connectivity index (χ4v) is 2.46. The highest BCUT2D eigenvalue weighted by molar-refractivity contribution is 5.78. The van der Waals surface area contributed by atoms with Crippen LogP contribution in [0.5, 0.6) is 0 Å². The zero-order valence-electron chi connectivity index (χ0n) is 11.3. The van der Waals surface area contributed by atoms with Crippen molar-refractivity contribution in [2.75, 3.05) is 6.54 Å². The average Bonchev–Trinajstić information content (AvgIpc) is 2.88. The lowest BCUT2D eigenvalue weighted by molar-refractivity contribution is -0.148. The van der Waals surface area contributed by atoms with Crippen molar-refractivity contribution >= 4 is 5.97 Å². The van der Waals surface area contributed by atoms with Gasteiger partial charge >= 0.3 is 5.97 Å². The standard InChI is InChI=1S/C13H21N3O2/c1-10(2)16-8-5-11(14-16)9-15-7-4-6-13(15,3)12(17)18/h5,8,10H,4,6-7,9H2,1-3H3,(H,17,18). The molecule has 0 bridgehead atoms. The Morgan fingerprint density at radius 1 is 1.61 bits per heavy atom.